The topological polar surface area (TPSA) is 41.6 Å². The highest BCUT2D eigenvalue weighted by molar-refractivity contribution is 8.13. The van der Waals surface area contributed by atoms with Crippen molar-refractivity contribution in [2.75, 3.05) is 25.6 Å². The van der Waals surface area contributed by atoms with Crippen molar-refractivity contribution < 1.29 is 9.53 Å². The van der Waals surface area contributed by atoms with Crippen LogP contribution in [0.15, 0.2) is 0 Å². The Morgan fingerprint density at radius 3 is 2.92 bits per heavy atom. The van der Waals surface area contributed by atoms with Crippen LogP contribution >= 0.6 is 11.1 Å². The number of hydrogen-bond acceptors (Lipinski definition) is 3. The lowest BCUT2D eigenvalue weighted by molar-refractivity contribution is 0.139. The molecule has 0 spiro atoms. The molecule has 1 N–H and O–H groups in total. The van der Waals surface area contributed by atoms with E-state index in [4.69, 9.17) is 4.74 Å². The lowest BCUT2D eigenvalue weighted by Crippen LogP contribution is -2.31. The first-order chi connectivity index (χ1) is 5.66. The van der Waals surface area contributed by atoms with Gasteiger partial charge in [0, 0.05) is 13.1 Å². The Morgan fingerprint density at radius 2 is 2.33 bits per heavy atom. The van der Waals surface area contributed by atoms with Gasteiger partial charge in [0.15, 0.2) is 0 Å². The molecular formula is C7H14N2O2S. The maximum Gasteiger partial charge on any atom is 0.407 e. The first kappa shape index (κ1) is 8.19. The predicted octanol–water partition coefficient (Wildman–Crippen LogP) is -0.0452. The monoisotopic (exact) mass is 190 g/mol. The molecule has 1 amide bonds. The number of fused-ring (bicyclic) bond motifs is 1. The van der Waals surface area contributed by atoms with Gasteiger partial charge in [-0.05, 0) is 12.5 Å². The van der Waals surface area contributed by atoms with Crippen molar-refractivity contribution in [2.45, 2.75) is 12.1 Å². The second-order valence-corrected chi connectivity index (χ2v) is 5.67. The van der Waals surface area contributed by atoms with E-state index in [-0.39, 0.29) is 29.3 Å². The summed E-state index contributed by atoms with van der Waals surface area (Å²) in [4.78, 5) is 10.8. The summed E-state index contributed by atoms with van der Waals surface area (Å²) in [5.74, 6) is 0. The zero-order chi connectivity index (χ0) is 8.72. The Bertz CT molecular complexity index is 194. The number of nitrogens with one attached hydrogen (secondary N) is 1. The van der Waals surface area contributed by atoms with E-state index in [1.807, 2.05) is 0 Å². The lowest BCUT2D eigenvalue weighted by atomic mass is 10.2. The number of amides is 1. The van der Waals surface area contributed by atoms with Crippen LogP contribution in [0.2, 0.25) is 0 Å². The molecule has 2 heterocycles. The molecule has 4 nitrogen and oxygen atoms in total. The fourth-order valence-electron chi connectivity index (χ4n) is 1.66. The van der Waals surface area contributed by atoms with Gasteiger partial charge in [0.1, 0.15) is 6.10 Å². The zero-order valence-electron chi connectivity index (χ0n) is 7.28. The van der Waals surface area contributed by atoms with E-state index < -0.39 is 0 Å². The molecule has 5 heteroatoms. The van der Waals surface area contributed by atoms with E-state index in [0.29, 0.717) is 0 Å². The Kier molecular flexibility index (Phi) is 1.92. The SMILES string of the molecule is C[SH](C)N1CC2NC(=O)OC2C1. The van der Waals surface area contributed by atoms with E-state index in [2.05, 4.69) is 22.1 Å². The number of ether oxygens (including phenoxy) is 1. The average Bonchev–Trinajstić information content (AvgIpc) is 2.42. The first-order valence-electron chi connectivity index (χ1n) is 4.06. The molecule has 2 fully saturated rings. The van der Waals surface area contributed by atoms with Gasteiger partial charge in [-0.15, -0.1) is 0 Å². The van der Waals surface area contributed by atoms with Crippen LogP contribution < -0.4 is 5.32 Å². The highest BCUT2D eigenvalue weighted by atomic mass is 32.2. The highest BCUT2D eigenvalue weighted by Crippen LogP contribution is 2.30. The number of alkyl carbamates (subject to hydrolysis) is 1. The van der Waals surface area contributed by atoms with Gasteiger partial charge in [0.05, 0.1) is 6.04 Å². The summed E-state index contributed by atoms with van der Waals surface area (Å²) in [6.07, 6.45) is 4.29. The second kappa shape index (κ2) is 2.81. The quantitative estimate of drug-likeness (QED) is 0.570. The highest BCUT2D eigenvalue weighted by Gasteiger charge is 2.41. The van der Waals surface area contributed by atoms with Crippen LogP contribution in [0.25, 0.3) is 0 Å². The number of carbonyl (C=O) groups excluding carboxylic acids is 1. The van der Waals surface area contributed by atoms with Crippen molar-refractivity contribution in [1.82, 2.24) is 9.62 Å². The summed E-state index contributed by atoms with van der Waals surface area (Å²) >= 11 is -0.0389. The van der Waals surface area contributed by atoms with Gasteiger partial charge in [0.25, 0.3) is 0 Å². The van der Waals surface area contributed by atoms with Crippen molar-refractivity contribution in [3.63, 3.8) is 0 Å². The predicted molar refractivity (Wildman–Crippen MR) is 49.6 cm³/mol. The number of rotatable bonds is 1. The van der Waals surface area contributed by atoms with Crippen molar-refractivity contribution in [2.24, 2.45) is 0 Å². The molecule has 0 aliphatic carbocycles. The molecule has 2 saturated heterocycles. The molecule has 0 aromatic rings. The largest absolute Gasteiger partial charge is 0.443 e. The van der Waals surface area contributed by atoms with Gasteiger partial charge >= 0.3 is 6.09 Å². The molecular weight excluding hydrogens is 176 g/mol. The summed E-state index contributed by atoms with van der Waals surface area (Å²) in [6, 6.07) is 0.238. The number of nitrogens with zero attached hydrogens (tertiary/aromatic N) is 1. The molecule has 2 rings (SSSR count). The summed E-state index contributed by atoms with van der Waals surface area (Å²) in [6.45, 7) is 1.86. The van der Waals surface area contributed by atoms with Gasteiger partial charge < -0.3 is 10.1 Å². The molecule has 2 unspecified atom stereocenters. The lowest BCUT2D eigenvalue weighted by Gasteiger charge is -2.23. The van der Waals surface area contributed by atoms with E-state index in [1.54, 1.807) is 0 Å². The fraction of sp³-hybridized carbons (Fsp3) is 0.857. The van der Waals surface area contributed by atoms with Crippen LogP contribution in [0.4, 0.5) is 4.79 Å². The van der Waals surface area contributed by atoms with Crippen molar-refractivity contribution >= 4 is 17.2 Å². The number of carbonyl (C=O) groups is 1. The zero-order valence-corrected chi connectivity index (χ0v) is 8.17. The van der Waals surface area contributed by atoms with Gasteiger partial charge in [-0.3, -0.25) is 4.31 Å². The Morgan fingerprint density at radius 1 is 1.58 bits per heavy atom. The first-order valence-corrected chi connectivity index (χ1v) is 6.25. The van der Waals surface area contributed by atoms with Crippen molar-refractivity contribution in [1.29, 1.82) is 0 Å². The summed E-state index contributed by atoms with van der Waals surface area (Å²) < 4.78 is 7.46. The molecule has 0 bridgehead atoms. The summed E-state index contributed by atoms with van der Waals surface area (Å²) in [5.41, 5.74) is 0. The van der Waals surface area contributed by atoms with Crippen molar-refractivity contribution in [3.8, 4) is 0 Å². The third kappa shape index (κ3) is 1.27. The van der Waals surface area contributed by atoms with Gasteiger partial charge in [-0.1, -0.05) is 0 Å². The number of thiol groups is 1. The smallest absolute Gasteiger partial charge is 0.407 e. The molecule has 0 aromatic carbocycles. The molecule has 2 aliphatic heterocycles. The molecule has 0 radical (unpaired) electrons. The van der Waals surface area contributed by atoms with Gasteiger partial charge in [-0.2, -0.15) is 0 Å². The Balaban J connectivity index is 1.97. The minimum atomic E-state index is -0.249. The molecule has 2 atom stereocenters. The van der Waals surface area contributed by atoms with E-state index in [1.165, 1.54) is 0 Å². The van der Waals surface area contributed by atoms with E-state index in [0.717, 1.165) is 13.1 Å². The minimum Gasteiger partial charge on any atom is -0.443 e. The van der Waals surface area contributed by atoms with Crippen LogP contribution in [-0.2, 0) is 4.74 Å². The van der Waals surface area contributed by atoms with Gasteiger partial charge in [-0.25, -0.2) is 15.9 Å². The summed E-state index contributed by atoms with van der Waals surface area (Å²) in [5, 5.41) is 2.81. The molecule has 2 aliphatic rings. The molecule has 12 heavy (non-hydrogen) atoms. The molecule has 70 valence electrons. The van der Waals surface area contributed by atoms with E-state index >= 15 is 0 Å². The fourth-order valence-corrected chi connectivity index (χ4v) is 2.65. The second-order valence-electron chi connectivity index (χ2n) is 3.41. The number of hydrogen-bond donors (Lipinski definition) is 2. The Hall–Kier alpha value is -0.420. The Labute approximate surface area is 74.7 Å². The standard InChI is InChI=1S/C7H14N2O2S/c1-12(2)9-3-5-6(4-9)11-7(10)8-5/h5-6,12H,3-4H2,1-2H3,(H,8,10). The van der Waals surface area contributed by atoms with Crippen LogP contribution in [-0.4, -0.2) is 48.1 Å². The van der Waals surface area contributed by atoms with Crippen LogP contribution in [0.3, 0.4) is 0 Å². The maximum absolute atomic E-state index is 10.8. The van der Waals surface area contributed by atoms with Crippen molar-refractivity contribution in [3.05, 3.63) is 0 Å². The third-order valence-corrected chi connectivity index (χ3v) is 3.83. The third-order valence-electron chi connectivity index (χ3n) is 2.37. The normalized spacial score (nSPS) is 35.8. The van der Waals surface area contributed by atoms with Crippen LogP contribution in [0.5, 0.6) is 0 Å². The molecule has 0 saturated carbocycles. The van der Waals surface area contributed by atoms with Crippen LogP contribution in [0.1, 0.15) is 0 Å². The molecule has 0 aromatic heterocycles. The minimum absolute atomic E-state index is 0.0389. The van der Waals surface area contributed by atoms with Gasteiger partial charge in [0.2, 0.25) is 0 Å². The average molecular weight is 190 g/mol. The van der Waals surface area contributed by atoms with Crippen LogP contribution in [0, 0.1) is 0 Å². The van der Waals surface area contributed by atoms with E-state index in [9.17, 15) is 4.79 Å². The summed E-state index contributed by atoms with van der Waals surface area (Å²) in [7, 11) is 0. The maximum atomic E-state index is 10.8.